The molecule has 0 aliphatic heterocycles. The van der Waals surface area contributed by atoms with Crippen LogP contribution in [0.15, 0.2) is 36.4 Å². The maximum absolute atomic E-state index is 12.1. The summed E-state index contributed by atoms with van der Waals surface area (Å²) in [6.45, 7) is 5.35. The molecule has 0 saturated carbocycles. The van der Waals surface area contributed by atoms with Crippen molar-refractivity contribution < 1.29 is 19.0 Å². The van der Waals surface area contributed by atoms with Gasteiger partial charge in [0.1, 0.15) is 12.4 Å². The zero-order chi connectivity index (χ0) is 16.7. The molecule has 23 heavy (non-hydrogen) atoms. The lowest BCUT2D eigenvalue weighted by atomic mass is 9.98. The predicted octanol–water partition coefficient (Wildman–Crippen LogP) is 3.92. The van der Waals surface area contributed by atoms with Gasteiger partial charge in [-0.3, -0.25) is 4.79 Å². The molecule has 2 aromatic rings. The summed E-state index contributed by atoms with van der Waals surface area (Å²) in [5.74, 6) is 0.301. The summed E-state index contributed by atoms with van der Waals surface area (Å²) in [6, 6.07) is 11.9. The van der Waals surface area contributed by atoms with E-state index in [2.05, 4.69) is 0 Å². The van der Waals surface area contributed by atoms with Crippen molar-refractivity contribution in [3.05, 3.63) is 42.0 Å². The minimum atomic E-state index is -0.298. The summed E-state index contributed by atoms with van der Waals surface area (Å²) < 4.78 is 15.8. The Morgan fingerprint density at radius 1 is 1.04 bits per heavy atom. The molecule has 2 rings (SSSR count). The van der Waals surface area contributed by atoms with Gasteiger partial charge in [-0.2, -0.15) is 0 Å². The lowest BCUT2D eigenvalue weighted by Gasteiger charge is -2.13. The highest BCUT2D eigenvalue weighted by atomic mass is 16.6. The Morgan fingerprint density at radius 3 is 2.52 bits per heavy atom. The normalized spacial score (nSPS) is 12.1. The van der Waals surface area contributed by atoms with Crippen molar-refractivity contribution in [1.82, 2.24) is 0 Å². The van der Waals surface area contributed by atoms with Gasteiger partial charge < -0.3 is 14.2 Å². The first kappa shape index (κ1) is 17.3. The Morgan fingerprint density at radius 2 is 1.78 bits per heavy atom. The lowest BCUT2D eigenvalue weighted by Crippen LogP contribution is -2.16. The number of hydrogen-bond acceptors (Lipinski definition) is 4. The van der Waals surface area contributed by atoms with Gasteiger partial charge in [-0.15, -0.1) is 0 Å². The molecule has 1 atom stereocenters. The molecule has 0 heterocycles. The molecule has 4 nitrogen and oxygen atoms in total. The zero-order valence-corrected chi connectivity index (χ0v) is 14.0. The summed E-state index contributed by atoms with van der Waals surface area (Å²) >= 11 is 0. The van der Waals surface area contributed by atoms with Crippen LogP contribution in [0.1, 0.15) is 31.7 Å². The van der Waals surface area contributed by atoms with Gasteiger partial charge in [0.2, 0.25) is 0 Å². The summed E-state index contributed by atoms with van der Waals surface area (Å²) in [6.07, 6.45) is 0.965. The van der Waals surface area contributed by atoms with Gasteiger partial charge in [0.15, 0.2) is 0 Å². The highest BCUT2D eigenvalue weighted by molar-refractivity contribution is 5.86. The van der Waals surface area contributed by atoms with E-state index in [1.54, 1.807) is 7.11 Å². The quantitative estimate of drug-likeness (QED) is 0.547. The van der Waals surface area contributed by atoms with Gasteiger partial charge >= 0.3 is 5.97 Å². The fraction of sp³-hybridized carbons (Fsp3) is 0.421. The van der Waals surface area contributed by atoms with E-state index in [1.807, 2.05) is 50.2 Å². The van der Waals surface area contributed by atoms with Crippen LogP contribution in [0, 0.1) is 0 Å². The first-order chi connectivity index (χ1) is 11.2. The van der Waals surface area contributed by atoms with E-state index in [9.17, 15) is 4.79 Å². The molecule has 0 aliphatic rings. The van der Waals surface area contributed by atoms with E-state index in [-0.39, 0.29) is 11.9 Å². The second kappa shape index (κ2) is 8.53. The number of carbonyl (C=O) groups is 1. The number of hydrogen-bond donors (Lipinski definition) is 0. The number of rotatable bonds is 8. The van der Waals surface area contributed by atoms with Crippen LogP contribution in [-0.4, -0.2) is 32.9 Å². The predicted molar refractivity (Wildman–Crippen MR) is 91.0 cm³/mol. The molecule has 0 aliphatic carbocycles. The van der Waals surface area contributed by atoms with Crippen molar-refractivity contribution in [2.24, 2.45) is 0 Å². The third-order valence-corrected chi connectivity index (χ3v) is 3.75. The van der Waals surface area contributed by atoms with Gasteiger partial charge in [-0.05, 0) is 41.8 Å². The minimum absolute atomic E-state index is 0.224. The summed E-state index contributed by atoms with van der Waals surface area (Å²) in [7, 11) is 1.65. The average Bonchev–Trinajstić information content (AvgIpc) is 2.59. The number of carbonyl (C=O) groups excluding carboxylic acids is 1. The smallest absolute Gasteiger partial charge is 0.313 e. The lowest BCUT2D eigenvalue weighted by molar-refractivity contribution is -0.146. The van der Waals surface area contributed by atoms with Gasteiger partial charge in [0.05, 0.1) is 19.6 Å². The summed E-state index contributed by atoms with van der Waals surface area (Å²) in [5, 5.41) is 2.16. The molecule has 2 aromatic carbocycles. The standard InChI is InChI=1S/C19H24O4/c1-4-9-22-10-11-23-19(20)14(2)15-5-6-17-13-18(21-3)8-7-16(17)12-15/h5-8,12-14H,4,9-11H2,1-3H3. The van der Waals surface area contributed by atoms with E-state index >= 15 is 0 Å². The second-order valence-corrected chi connectivity index (χ2v) is 5.47. The molecular formula is C19H24O4. The van der Waals surface area contributed by atoms with Crippen LogP contribution in [0.4, 0.5) is 0 Å². The molecule has 1 unspecified atom stereocenters. The fourth-order valence-corrected chi connectivity index (χ4v) is 2.35. The first-order valence-electron chi connectivity index (χ1n) is 7.97. The Labute approximate surface area is 137 Å². The van der Waals surface area contributed by atoms with Crippen LogP contribution < -0.4 is 4.74 Å². The van der Waals surface area contributed by atoms with Gasteiger partial charge in [-0.1, -0.05) is 31.2 Å². The van der Waals surface area contributed by atoms with Crippen LogP contribution in [0.2, 0.25) is 0 Å². The van der Waals surface area contributed by atoms with Crippen molar-refractivity contribution in [2.45, 2.75) is 26.2 Å². The summed E-state index contributed by atoms with van der Waals surface area (Å²) in [4.78, 5) is 12.1. The largest absolute Gasteiger partial charge is 0.497 e. The van der Waals surface area contributed by atoms with Crippen LogP contribution in [0.3, 0.4) is 0 Å². The highest BCUT2D eigenvalue weighted by Gasteiger charge is 2.17. The molecule has 124 valence electrons. The van der Waals surface area contributed by atoms with Crippen LogP contribution in [0.5, 0.6) is 5.75 Å². The molecule has 0 N–H and O–H groups in total. The van der Waals surface area contributed by atoms with Crippen LogP contribution in [-0.2, 0) is 14.3 Å². The molecule has 4 heteroatoms. The molecule has 0 saturated heterocycles. The number of benzene rings is 2. The van der Waals surface area contributed by atoms with Gasteiger partial charge in [-0.25, -0.2) is 0 Å². The number of fused-ring (bicyclic) bond motifs is 1. The first-order valence-corrected chi connectivity index (χ1v) is 7.97. The highest BCUT2D eigenvalue weighted by Crippen LogP contribution is 2.25. The molecule has 0 aromatic heterocycles. The monoisotopic (exact) mass is 316 g/mol. The van der Waals surface area contributed by atoms with Gasteiger partial charge in [0, 0.05) is 6.61 Å². The van der Waals surface area contributed by atoms with Crippen molar-refractivity contribution in [3.8, 4) is 5.75 Å². The number of methoxy groups -OCH3 is 1. The van der Waals surface area contributed by atoms with E-state index < -0.39 is 0 Å². The maximum Gasteiger partial charge on any atom is 0.313 e. The minimum Gasteiger partial charge on any atom is -0.497 e. The zero-order valence-electron chi connectivity index (χ0n) is 14.0. The topological polar surface area (TPSA) is 44.8 Å². The third-order valence-electron chi connectivity index (χ3n) is 3.75. The Bertz CT molecular complexity index is 651. The molecule has 0 radical (unpaired) electrons. The second-order valence-electron chi connectivity index (χ2n) is 5.47. The fourth-order valence-electron chi connectivity index (χ4n) is 2.35. The maximum atomic E-state index is 12.1. The Kier molecular flexibility index (Phi) is 6.41. The van der Waals surface area contributed by atoms with Crippen molar-refractivity contribution >= 4 is 16.7 Å². The van der Waals surface area contributed by atoms with Gasteiger partial charge in [0.25, 0.3) is 0 Å². The van der Waals surface area contributed by atoms with Crippen molar-refractivity contribution in [2.75, 3.05) is 26.9 Å². The average molecular weight is 316 g/mol. The van der Waals surface area contributed by atoms with Crippen LogP contribution in [0.25, 0.3) is 10.8 Å². The Hall–Kier alpha value is -2.07. The summed E-state index contributed by atoms with van der Waals surface area (Å²) in [5.41, 5.74) is 0.946. The molecular weight excluding hydrogens is 292 g/mol. The third kappa shape index (κ3) is 4.70. The number of ether oxygens (including phenoxy) is 3. The molecule has 0 bridgehead atoms. The number of esters is 1. The Balaban J connectivity index is 1.99. The van der Waals surface area contributed by atoms with E-state index in [4.69, 9.17) is 14.2 Å². The van der Waals surface area contributed by atoms with Crippen molar-refractivity contribution in [1.29, 1.82) is 0 Å². The van der Waals surface area contributed by atoms with E-state index in [1.165, 1.54) is 0 Å². The molecule has 0 amide bonds. The van der Waals surface area contributed by atoms with Crippen molar-refractivity contribution in [3.63, 3.8) is 0 Å². The molecule has 0 fully saturated rings. The van der Waals surface area contributed by atoms with Crippen LogP contribution >= 0.6 is 0 Å². The van der Waals surface area contributed by atoms with E-state index in [0.717, 1.165) is 28.5 Å². The SMILES string of the molecule is CCCOCCOC(=O)C(C)c1ccc2cc(OC)ccc2c1. The van der Waals surface area contributed by atoms with E-state index in [0.29, 0.717) is 19.8 Å². The molecule has 0 spiro atoms.